The van der Waals surface area contributed by atoms with Gasteiger partial charge in [0, 0.05) is 53.7 Å². The van der Waals surface area contributed by atoms with Crippen LogP contribution in [0.5, 0.6) is 0 Å². The molecule has 3 nitrogen and oxygen atoms in total. The van der Waals surface area contributed by atoms with E-state index >= 15 is 0 Å². The summed E-state index contributed by atoms with van der Waals surface area (Å²) in [6.45, 7) is 4.90. The van der Waals surface area contributed by atoms with Crippen LogP contribution < -0.4 is 4.90 Å². The zero-order valence-corrected chi connectivity index (χ0v) is 16.6. The number of hydrogen-bond donors (Lipinski definition) is 0. The first-order valence-electron chi connectivity index (χ1n) is 8.61. The van der Waals surface area contributed by atoms with Crippen LogP contribution in [0.15, 0.2) is 53.9 Å². The Morgan fingerprint density at radius 1 is 0.923 bits per heavy atom. The van der Waals surface area contributed by atoms with Crippen LogP contribution in [0.25, 0.3) is 11.3 Å². The molecule has 1 aliphatic rings. The Balaban J connectivity index is 1.38. The molecule has 0 aliphatic carbocycles. The molecular formula is C20H19Cl2N3S. The van der Waals surface area contributed by atoms with Crippen LogP contribution in [0.2, 0.25) is 10.0 Å². The van der Waals surface area contributed by atoms with Gasteiger partial charge in [0.25, 0.3) is 0 Å². The maximum Gasteiger partial charge on any atom is 0.185 e. The van der Waals surface area contributed by atoms with Crippen molar-refractivity contribution >= 4 is 39.7 Å². The lowest BCUT2D eigenvalue weighted by molar-refractivity contribution is 0.250. The van der Waals surface area contributed by atoms with Crippen molar-refractivity contribution in [2.45, 2.75) is 6.54 Å². The van der Waals surface area contributed by atoms with Crippen LogP contribution in [0, 0.1) is 0 Å². The summed E-state index contributed by atoms with van der Waals surface area (Å²) in [6.07, 6.45) is 0. The molecule has 6 heteroatoms. The summed E-state index contributed by atoms with van der Waals surface area (Å²) >= 11 is 14.0. The van der Waals surface area contributed by atoms with Gasteiger partial charge in [-0.1, -0.05) is 53.5 Å². The number of benzene rings is 2. The van der Waals surface area contributed by atoms with Gasteiger partial charge in [-0.2, -0.15) is 0 Å². The number of aromatic nitrogens is 1. The second kappa shape index (κ2) is 7.97. The molecule has 2 heterocycles. The Kier molecular flexibility index (Phi) is 5.46. The van der Waals surface area contributed by atoms with Crippen LogP contribution in [0.4, 0.5) is 5.13 Å². The molecule has 2 aromatic carbocycles. The number of anilines is 1. The van der Waals surface area contributed by atoms with Gasteiger partial charge < -0.3 is 4.90 Å². The van der Waals surface area contributed by atoms with Crippen molar-refractivity contribution < 1.29 is 0 Å². The van der Waals surface area contributed by atoms with Crippen molar-refractivity contribution in [2.24, 2.45) is 0 Å². The number of nitrogens with zero attached hydrogens (tertiary/aromatic N) is 3. The Morgan fingerprint density at radius 3 is 2.38 bits per heavy atom. The molecule has 4 rings (SSSR count). The van der Waals surface area contributed by atoms with E-state index in [1.807, 2.05) is 42.5 Å². The van der Waals surface area contributed by atoms with Gasteiger partial charge in [0.05, 0.1) is 5.69 Å². The van der Waals surface area contributed by atoms with Crippen LogP contribution in [0.1, 0.15) is 5.56 Å². The van der Waals surface area contributed by atoms with Crippen LogP contribution >= 0.6 is 34.5 Å². The molecule has 1 fully saturated rings. The second-order valence-electron chi connectivity index (χ2n) is 6.38. The Labute approximate surface area is 167 Å². The van der Waals surface area contributed by atoms with Crippen LogP contribution in [-0.4, -0.2) is 36.1 Å². The van der Waals surface area contributed by atoms with Crippen LogP contribution in [-0.2, 0) is 6.54 Å². The zero-order chi connectivity index (χ0) is 17.9. The molecular weight excluding hydrogens is 385 g/mol. The summed E-state index contributed by atoms with van der Waals surface area (Å²) in [6, 6.07) is 15.9. The fraction of sp³-hybridized carbons (Fsp3) is 0.250. The third kappa shape index (κ3) is 4.04. The molecule has 1 aromatic heterocycles. The molecule has 26 heavy (non-hydrogen) atoms. The lowest BCUT2D eigenvalue weighted by Crippen LogP contribution is -2.46. The van der Waals surface area contributed by atoms with Gasteiger partial charge in [-0.15, -0.1) is 11.3 Å². The summed E-state index contributed by atoms with van der Waals surface area (Å²) in [7, 11) is 0. The van der Waals surface area contributed by atoms with E-state index in [4.69, 9.17) is 28.2 Å². The van der Waals surface area contributed by atoms with Crippen molar-refractivity contribution in [2.75, 3.05) is 31.1 Å². The van der Waals surface area contributed by atoms with E-state index in [-0.39, 0.29) is 0 Å². The Hall–Kier alpha value is -1.59. The number of thiazole rings is 1. The highest BCUT2D eigenvalue weighted by Crippen LogP contribution is 2.29. The lowest BCUT2D eigenvalue weighted by atomic mass is 10.2. The first-order valence-corrected chi connectivity index (χ1v) is 10.2. The SMILES string of the molecule is Clc1ccc(-c2csc(N3CCN(Cc4ccccc4Cl)CC3)n2)cc1. The van der Waals surface area contributed by atoms with E-state index in [1.54, 1.807) is 11.3 Å². The van der Waals surface area contributed by atoms with Gasteiger partial charge in [0.1, 0.15) is 0 Å². The molecule has 0 atom stereocenters. The first kappa shape index (κ1) is 17.8. The first-order chi connectivity index (χ1) is 12.7. The largest absolute Gasteiger partial charge is 0.346 e. The van der Waals surface area contributed by atoms with Gasteiger partial charge in [-0.05, 0) is 23.8 Å². The molecule has 0 bridgehead atoms. The Morgan fingerprint density at radius 2 is 1.65 bits per heavy atom. The van der Waals surface area contributed by atoms with Gasteiger partial charge in [0.2, 0.25) is 0 Å². The summed E-state index contributed by atoms with van der Waals surface area (Å²) in [5.41, 5.74) is 3.32. The molecule has 0 radical (unpaired) electrons. The molecule has 1 aliphatic heterocycles. The van der Waals surface area contributed by atoms with E-state index in [0.29, 0.717) is 0 Å². The van der Waals surface area contributed by atoms with Gasteiger partial charge in [-0.25, -0.2) is 4.98 Å². The summed E-state index contributed by atoms with van der Waals surface area (Å²) in [5, 5.41) is 4.81. The minimum Gasteiger partial charge on any atom is -0.346 e. The molecule has 0 amide bonds. The smallest absolute Gasteiger partial charge is 0.185 e. The average molecular weight is 404 g/mol. The fourth-order valence-electron chi connectivity index (χ4n) is 3.13. The molecule has 0 saturated carbocycles. The van der Waals surface area contributed by atoms with Gasteiger partial charge >= 0.3 is 0 Å². The third-order valence-electron chi connectivity index (χ3n) is 4.63. The predicted octanol–water partition coefficient (Wildman–Crippen LogP) is 5.44. The minimum absolute atomic E-state index is 0.749. The fourth-order valence-corrected chi connectivity index (χ4v) is 4.34. The molecule has 0 N–H and O–H groups in total. The maximum absolute atomic E-state index is 6.29. The van der Waals surface area contributed by atoms with Crippen molar-refractivity contribution in [3.8, 4) is 11.3 Å². The molecule has 0 spiro atoms. The summed E-state index contributed by atoms with van der Waals surface area (Å²) in [4.78, 5) is 9.64. The Bertz CT molecular complexity index is 871. The normalized spacial score (nSPS) is 15.4. The average Bonchev–Trinajstić information content (AvgIpc) is 3.15. The lowest BCUT2D eigenvalue weighted by Gasteiger charge is -2.34. The van der Waals surface area contributed by atoms with Crippen LogP contribution in [0.3, 0.4) is 0 Å². The summed E-state index contributed by atoms with van der Waals surface area (Å²) in [5.74, 6) is 0. The molecule has 0 unspecified atom stereocenters. The molecule has 3 aromatic rings. The highest BCUT2D eigenvalue weighted by atomic mass is 35.5. The number of halogens is 2. The van der Waals surface area contributed by atoms with Gasteiger partial charge in [-0.3, -0.25) is 4.90 Å². The van der Waals surface area contributed by atoms with E-state index < -0.39 is 0 Å². The minimum atomic E-state index is 0.749. The van der Waals surface area contributed by atoms with E-state index in [1.165, 1.54) is 5.56 Å². The quantitative estimate of drug-likeness (QED) is 0.577. The highest BCUT2D eigenvalue weighted by molar-refractivity contribution is 7.14. The van der Waals surface area contributed by atoms with E-state index in [9.17, 15) is 0 Å². The standard InChI is InChI=1S/C20H19Cl2N3S/c21-17-7-5-15(6-8-17)19-14-26-20(23-19)25-11-9-24(10-12-25)13-16-3-1-2-4-18(16)22/h1-8,14H,9-13H2. The highest BCUT2D eigenvalue weighted by Gasteiger charge is 2.20. The number of hydrogen-bond acceptors (Lipinski definition) is 4. The van der Waals surface area contributed by atoms with E-state index in [0.717, 1.165) is 59.2 Å². The predicted molar refractivity (Wildman–Crippen MR) is 112 cm³/mol. The number of rotatable bonds is 4. The van der Waals surface area contributed by atoms with Crippen molar-refractivity contribution in [3.05, 3.63) is 69.5 Å². The van der Waals surface area contributed by atoms with Gasteiger partial charge in [0.15, 0.2) is 5.13 Å². The molecule has 1 saturated heterocycles. The monoisotopic (exact) mass is 403 g/mol. The third-order valence-corrected chi connectivity index (χ3v) is 6.15. The van der Waals surface area contributed by atoms with E-state index in [2.05, 4.69) is 21.2 Å². The second-order valence-corrected chi connectivity index (χ2v) is 8.06. The summed E-state index contributed by atoms with van der Waals surface area (Å²) < 4.78 is 0. The van der Waals surface area contributed by atoms with Crippen molar-refractivity contribution in [1.82, 2.24) is 9.88 Å². The number of piperazine rings is 1. The van der Waals surface area contributed by atoms with Crippen molar-refractivity contribution in [1.29, 1.82) is 0 Å². The maximum atomic E-state index is 6.29. The van der Waals surface area contributed by atoms with Crippen molar-refractivity contribution in [3.63, 3.8) is 0 Å². The topological polar surface area (TPSA) is 19.4 Å². The molecule has 134 valence electrons. The zero-order valence-electron chi connectivity index (χ0n) is 14.2.